The van der Waals surface area contributed by atoms with E-state index in [4.69, 9.17) is 9.47 Å². The van der Waals surface area contributed by atoms with E-state index in [-0.39, 0.29) is 29.9 Å². The summed E-state index contributed by atoms with van der Waals surface area (Å²) in [6, 6.07) is 5.97. The van der Waals surface area contributed by atoms with E-state index >= 15 is 0 Å². The summed E-state index contributed by atoms with van der Waals surface area (Å²) >= 11 is 0. The molecule has 0 bridgehead atoms. The number of nitrogens with zero attached hydrogens (tertiary/aromatic N) is 1. The van der Waals surface area contributed by atoms with Crippen LogP contribution < -0.4 is 10.1 Å². The number of rotatable bonds is 7. The Morgan fingerprint density at radius 3 is 2.14 bits per heavy atom. The maximum atomic E-state index is 12.0. The van der Waals surface area contributed by atoms with Crippen molar-refractivity contribution in [3.63, 3.8) is 0 Å². The first kappa shape index (κ1) is 24.5. The van der Waals surface area contributed by atoms with Crippen molar-refractivity contribution in [1.29, 1.82) is 0 Å². The maximum Gasteiger partial charge on any atom is 0.344 e. The summed E-state index contributed by atoms with van der Waals surface area (Å²) in [4.78, 5) is 36.4. The molecule has 7 nitrogen and oxygen atoms in total. The molecule has 2 amide bonds. The quantitative estimate of drug-likeness (QED) is 0.703. The van der Waals surface area contributed by atoms with Gasteiger partial charge in [0.1, 0.15) is 5.75 Å². The van der Waals surface area contributed by atoms with E-state index in [0.29, 0.717) is 5.75 Å². The largest absolute Gasteiger partial charge is 0.482 e. The Labute approximate surface area is 173 Å². The normalized spacial score (nSPS) is 11.6. The van der Waals surface area contributed by atoms with E-state index in [1.165, 1.54) is 24.6 Å². The van der Waals surface area contributed by atoms with Crippen molar-refractivity contribution in [3.8, 4) is 5.75 Å². The molecular formula is C22H34N2O5. The van der Waals surface area contributed by atoms with Gasteiger partial charge in [-0.05, 0) is 28.0 Å². The van der Waals surface area contributed by atoms with Crippen LogP contribution in [0.3, 0.4) is 0 Å². The number of benzene rings is 1. The second-order valence-electron chi connectivity index (χ2n) is 9.08. The lowest BCUT2D eigenvalue weighted by Gasteiger charge is -2.27. The molecule has 0 unspecified atom stereocenters. The summed E-state index contributed by atoms with van der Waals surface area (Å²) in [5.74, 6) is -0.798. The monoisotopic (exact) mass is 406 g/mol. The van der Waals surface area contributed by atoms with Crippen molar-refractivity contribution in [2.24, 2.45) is 0 Å². The predicted octanol–water partition coefficient (Wildman–Crippen LogP) is 2.41. The van der Waals surface area contributed by atoms with Gasteiger partial charge in [-0.25, -0.2) is 4.79 Å². The molecule has 0 fully saturated rings. The van der Waals surface area contributed by atoms with E-state index in [1.54, 1.807) is 0 Å². The first-order valence-corrected chi connectivity index (χ1v) is 9.63. The molecule has 0 saturated carbocycles. The van der Waals surface area contributed by atoms with Crippen LogP contribution in [0.1, 0.15) is 52.7 Å². The van der Waals surface area contributed by atoms with Gasteiger partial charge in [0.15, 0.2) is 13.2 Å². The molecule has 1 N–H and O–H groups in total. The van der Waals surface area contributed by atoms with Crippen molar-refractivity contribution >= 4 is 17.8 Å². The molecule has 162 valence electrons. The van der Waals surface area contributed by atoms with Gasteiger partial charge in [-0.2, -0.15) is 0 Å². The number of likely N-dealkylation sites (N-methyl/N-ethyl adjacent to an activating group) is 2. The van der Waals surface area contributed by atoms with E-state index < -0.39 is 18.5 Å². The first-order valence-electron chi connectivity index (χ1n) is 9.63. The van der Waals surface area contributed by atoms with Crippen LogP contribution >= 0.6 is 0 Å². The zero-order valence-corrected chi connectivity index (χ0v) is 18.8. The lowest BCUT2D eigenvalue weighted by molar-refractivity contribution is -0.153. The van der Waals surface area contributed by atoms with Crippen molar-refractivity contribution < 1.29 is 23.9 Å². The van der Waals surface area contributed by atoms with E-state index in [0.717, 1.165) is 5.56 Å². The average Bonchev–Trinajstić information content (AvgIpc) is 2.62. The second-order valence-corrected chi connectivity index (χ2v) is 9.08. The van der Waals surface area contributed by atoms with Crippen molar-refractivity contribution in [2.45, 2.75) is 52.4 Å². The van der Waals surface area contributed by atoms with Gasteiger partial charge in [0.25, 0.3) is 5.91 Å². The molecule has 29 heavy (non-hydrogen) atoms. The summed E-state index contributed by atoms with van der Waals surface area (Å²) in [6.07, 6.45) is 0. The number of ether oxygens (including phenoxy) is 2. The summed E-state index contributed by atoms with van der Waals surface area (Å²) in [5, 5.41) is 2.42. The van der Waals surface area contributed by atoms with E-state index in [1.807, 2.05) is 12.1 Å². The number of hydrogen-bond donors (Lipinski definition) is 1. The fourth-order valence-corrected chi connectivity index (χ4v) is 2.52. The van der Waals surface area contributed by atoms with Crippen LogP contribution in [0, 0.1) is 0 Å². The molecule has 0 radical (unpaired) electrons. The molecule has 0 aliphatic carbocycles. The van der Waals surface area contributed by atoms with Gasteiger partial charge in [-0.15, -0.1) is 0 Å². The Bertz CT molecular complexity index is 745. The lowest BCUT2D eigenvalue weighted by atomic mass is 9.80. The molecule has 1 aromatic rings. The molecule has 7 heteroatoms. The van der Waals surface area contributed by atoms with Crippen LogP contribution in [0.2, 0.25) is 0 Å². The number of esters is 1. The van der Waals surface area contributed by atoms with Crippen LogP contribution in [0.25, 0.3) is 0 Å². The summed E-state index contributed by atoms with van der Waals surface area (Å²) in [6.45, 7) is 11.8. The van der Waals surface area contributed by atoms with Gasteiger partial charge in [-0.1, -0.05) is 53.7 Å². The van der Waals surface area contributed by atoms with Gasteiger partial charge >= 0.3 is 5.97 Å². The fraction of sp³-hybridized carbons (Fsp3) is 0.591. The number of nitrogens with one attached hydrogen (secondary N) is 1. The van der Waals surface area contributed by atoms with Crippen LogP contribution in [0.15, 0.2) is 18.2 Å². The van der Waals surface area contributed by atoms with Crippen molar-refractivity contribution in [2.75, 3.05) is 33.9 Å². The Balaban J connectivity index is 2.72. The smallest absolute Gasteiger partial charge is 0.344 e. The maximum absolute atomic E-state index is 12.0. The predicted molar refractivity (Wildman–Crippen MR) is 112 cm³/mol. The highest BCUT2D eigenvalue weighted by Crippen LogP contribution is 2.35. The van der Waals surface area contributed by atoms with Crippen molar-refractivity contribution in [3.05, 3.63) is 29.3 Å². The highest BCUT2D eigenvalue weighted by atomic mass is 16.6. The summed E-state index contributed by atoms with van der Waals surface area (Å²) in [5.41, 5.74) is 2.01. The zero-order valence-electron chi connectivity index (χ0n) is 18.8. The highest BCUT2D eigenvalue weighted by molar-refractivity contribution is 5.86. The van der Waals surface area contributed by atoms with Gasteiger partial charge in [0.05, 0.1) is 6.54 Å². The van der Waals surface area contributed by atoms with Crippen LogP contribution in [0.5, 0.6) is 5.75 Å². The Morgan fingerprint density at radius 2 is 1.62 bits per heavy atom. The third-order valence-corrected chi connectivity index (χ3v) is 4.44. The Morgan fingerprint density at radius 1 is 1.00 bits per heavy atom. The third-order valence-electron chi connectivity index (χ3n) is 4.44. The fourth-order valence-electron chi connectivity index (χ4n) is 2.52. The lowest BCUT2D eigenvalue weighted by Crippen LogP contribution is -2.39. The molecule has 0 spiro atoms. The van der Waals surface area contributed by atoms with Gasteiger partial charge in [-0.3, -0.25) is 9.59 Å². The first-order chi connectivity index (χ1) is 13.3. The minimum atomic E-state index is -0.647. The molecule has 0 heterocycles. The van der Waals surface area contributed by atoms with Crippen LogP contribution in [-0.4, -0.2) is 56.5 Å². The average molecular weight is 407 g/mol. The number of amides is 2. The van der Waals surface area contributed by atoms with Gasteiger partial charge in [0, 0.05) is 14.1 Å². The molecule has 0 aliphatic heterocycles. The van der Waals surface area contributed by atoms with Crippen LogP contribution in [-0.2, 0) is 30.0 Å². The highest BCUT2D eigenvalue weighted by Gasteiger charge is 2.23. The zero-order chi connectivity index (χ0) is 22.4. The standard InChI is InChI=1S/C22H34N2O5/c1-21(2,3)15-9-10-17(16(11-15)22(4,5)6)28-14-20(27)29-13-19(26)24(8)12-18(25)23-7/h9-11H,12-14H2,1-8H3,(H,23,25). The Kier molecular flexibility index (Phi) is 8.24. The number of hydrogen-bond acceptors (Lipinski definition) is 5. The van der Waals surface area contributed by atoms with Crippen molar-refractivity contribution in [1.82, 2.24) is 10.2 Å². The van der Waals surface area contributed by atoms with Gasteiger partial charge in [0.2, 0.25) is 5.91 Å². The number of carbonyl (C=O) groups is 3. The molecule has 0 aromatic heterocycles. The van der Waals surface area contributed by atoms with Crippen LogP contribution in [0.4, 0.5) is 0 Å². The van der Waals surface area contributed by atoms with Gasteiger partial charge < -0.3 is 19.7 Å². The minimum absolute atomic E-state index is 0.00146. The third kappa shape index (κ3) is 7.75. The molecule has 0 aliphatic rings. The molecule has 1 aromatic carbocycles. The SMILES string of the molecule is CNC(=O)CN(C)C(=O)COC(=O)COc1ccc(C(C)(C)C)cc1C(C)(C)C. The van der Waals surface area contributed by atoms with E-state index in [9.17, 15) is 14.4 Å². The molecular weight excluding hydrogens is 372 g/mol. The summed E-state index contributed by atoms with van der Waals surface area (Å²) < 4.78 is 10.7. The molecule has 0 saturated heterocycles. The minimum Gasteiger partial charge on any atom is -0.482 e. The molecule has 0 atom stereocenters. The second kappa shape index (κ2) is 9.76. The Hall–Kier alpha value is -2.57. The molecule has 1 rings (SSSR count). The van der Waals surface area contributed by atoms with E-state index in [2.05, 4.69) is 52.9 Å². The topological polar surface area (TPSA) is 84.9 Å². The summed E-state index contributed by atoms with van der Waals surface area (Å²) in [7, 11) is 2.95. The number of carbonyl (C=O) groups excluding carboxylic acids is 3.